The maximum absolute atomic E-state index is 13.5. The molecule has 2 aliphatic rings. The molecule has 180 valence electrons. The quantitative estimate of drug-likeness (QED) is 0.463. The number of halogens is 1. The predicted molar refractivity (Wildman–Crippen MR) is 129 cm³/mol. The van der Waals surface area contributed by atoms with Crippen LogP contribution in [-0.4, -0.2) is 44.4 Å². The van der Waals surface area contributed by atoms with Crippen molar-refractivity contribution in [3.8, 4) is 0 Å². The minimum atomic E-state index is -0.314. The first-order chi connectivity index (χ1) is 16.5. The van der Waals surface area contributed by atoms with Crippen LogP contribution in [0.25, 0.3) is 11.0 Å². The van der Waals surface area contributed by atoms with Crippen molar-refractivity contribution in [3.05, 3.63) is 40.9 Å². The second kappa shape index (κ2) is 10.1. The molecule has 3 amide bonds. The number of urea groups is 1. The molecular formula is C24H29FN6O2S. The highest BCUT2D eigenvalue weighted by atomic mass is 32.1. The van der Waals surface area contributed by atoms with Crippen LogP contribution in [0.15, 0.2) is 23.6 Å². The number of nitrogens with zero attached hydrogens (tertiary/aromatic N) is 3. The molecule has 3 aromatic rings. The van der Waals surface area contributed by atoms with Crippen LogP contribution in [0, 0.1) is 5.82 Å². The lowest BCUT2D eigenvalue weighted by molar-refractivity contribution is -0.132. The van der Waals surface area contributed by atoms with Gasteiger partial charge in [-0.25, -0.2) is 19.2 Å². The maximum atomic E-state index is 13.5. The molecule has 1 atom stereocenters. The largest absolute Gasteiger partial charge is 0.340 e. The van der Waals surface area contributed by atoms with Crippen molar-refractivity contribution in [2.75, 3.05) is 11.9 Å². The van der Waals surface area contributed by atoms with Gasteiger partial charge in [-0.1, -0.05) is 19.3 Å². The number of likely N-dealkylation sites (tertiary alicyclic amines) is 1. The van der Waals surface area contributed by atoms with Crippen LogP contribution >= 0.6 is 11.3 Å². The first kappa shape index (κ1) is 22.8. The summed E-state index contributed by atoms with van der Waals surface area (Å²) in [4.78, 5) is 39.3. The van der Waals surface area contributed by atoms with Crippen LogP contribution in [0.2, 0.25) is 0 Å². The Kier molecular flexibility index (Phi) is 6.75. The fourth-order valence-corrected chi connectivity index (χ4v) is 5.67. The number of thiazole rings is 1. The van der Waals surface area contributed by atoms with Gasteiger partial charge in [0.05, 0.1) is 22.8 Å². The number of aromatic nitrogens is 3. The topological polar surface area (TPSA) is 103 Å². The second-order valence-corrected chi connectivity index (χ2v) is 9.96. The SMILES string of the molecule is O=C(Nc1nc(CCC(=O)N2CCCC2c2nc3ccc(F)cc3[nH]2)cs1)NC1CCCCC1. The van der Waals surface area contributed by atoms with Gasteiger partial charge < -0.3 is 15.2 Å². The van der Waals surface area contributed by atoms with E-state index in [1.165, 1.54) is 29.9 Å². The van der Waals surface area contributed by atoms with Gasteiger partial charge in [0.2, 0.25) is 5.91 Å². The van der Waals surface area contributed by atoms with Gasteiger partial charge in [0.25, 0.3) is 0 Å². The van der Waals surface area contributed by atoms with E-state index >= 15 is 0 Å². The lowest BCUT2D eigenvalue weighted by Gasteiger charge is -2.23. The Balaban J connectivity index is 1.15. The van der Waals surface area contributed by atoms with Crippen molar-refractivity contribution in [3.63, 3.8) is 0 Å². The summed E-state index contributed by atoms with van der Waals surface area (Å²) in [7, 11) is 0. The summed E-state index contributed by atoms with van der Waals surface area (Å²) in [6, 6.07) is 4.37. The summed E-state index contributed by atoms with van der Waals surface area (Å²) in [6.45, 7) is 0.681. The number of hydrogen-bond acceptors (Lipinski definition) is 5. The zero-order valence-electron chi connectivity index (χ0n) is 19.0. The van der Waals surface area contributed by atoms with Gasteiger partial charge in [-0.2, -0.15) is 0 Å². The first-order valence-corrected chi connectivity index (χ1v) is 12.9. The number of carbonyl (C=O) groups is 2. The number of hydrogen-bond donors (Lipinski definition) is 3. The molecule has 10 heteroatoms. The van der Waals surface area contributed by atoms with Gasteiger partial charge in [0.15, 0.2) is 5.13 Å². The molecule has 1 aliphatic heterocycles. The Labute approximate surface area is 201 Å². The van der Waals surface area contributed by atoms with Crippen molar-refractivity contribution in [2.45, 2.75) is 69.9 Å². The Hall–Kier alpha value is -3.01. The molecule has 3 N–H and O–H groups in total. The summed E-state index contributed by atoms with van der Waals surface area (Å²) >= 11 is 1.37. The van der Waals surface area contributed by atoms with Crippen molar-refractivity contribution in [1.29, 1.82) is 0 Å². The highest BCUT2D eigenvalue weighted by Gasteiger charge is 2.32. The van der Waals surface area contributed by atoms with E-state index in [0.29, 0.717) is 41.4 Å². The Bertz CT molecular complexity index is 1170. The van der Waals surface area contributed by atoms with E-state index < -0.39 is 0 Å². The summed E-state index contributed by atoms with van der Waals surface area (Å²) in [5, 5.41) is 8.28. The van der Waals surface area contributed by atoms with E-state index in [1.807, 2.05) is 10.3 Å². The van der Waals surface area contributed by atoms with Crippen LogP contribution < -0.4 is 10.6 Å². The Morgan fingerprint density at radius 1 is 1.15 bits per heavy atom. The molecule has 1 saturated heterocycles. The monoisotopic (exact) mass is 484 g/mol. The lowest BCUT2D eigenvalue weighted by atomic mass is 9.96. The van der Waals surface area contributed by atoms with Gasteiger partial charge in [0.1, 0.15) is 11.6 Å². The van der Waals surface area contributed by atoms with Gasteiger partial charge >= 0.3 is 6.03 Å². The molecule has 34 heavy (non-hydrogen) atoms. The van der Waals surface area contributed by atoms with Crippen LogP contribution in [0.3, 0.4) is 0 Å². The smallest absolute Gasteiger partial charge is 0.321 e. The average Bonchev–Trinajstić information content (AvgIpc) is 3.57. The summed E-state index contributed by atoms with van der Waals surface area (Å²) in [5.41, 5.74) is 2.14. The highest BCUT2D eigenvalue weighted by molar-refractivity contribution is 7.13. The molecule has 1 unspecified atom stereocenters. The van der Waals surface area contributed by atoms with E-state index in [2.05, 4.69) is 25.6 Å². The molecule has 1 aromatic carbocycles. The first-order valence-electron chi connectivity index (χ1n) is 12.0. The summed E-state index contributed by atoms with van der Waals surface area (Å²) in [6.07, 6.45) is 8.20. The third-order valence-electron chi connectivity index (χ3n) is 6.66. The molecule has 0 spiro atoms. The molecule has 3 heterocycles. The number of aromatic amines is 1. The zero-order valence-corrected chi connectivity index (χ0v) is 19.8. The van der Waals surface area contributed by atoms with Crippen LogP contribution in [0.5, 0.6) is 0 Å². The fourth-order valence-electron chi connectivity index (χ4n) is 4.93. The van der Waals surface area contributed by atoms with Gasteiger partial charge in [-0.3, -0.25) is 10.1 Å². The molecule has 8 nitrogen and oxygen atoms in total. The van der Waals surface area contributed by atoms with E-state index in [4.69, 9.17) is 0 Å². The molecule has 1 aliphatic carbocycles. The number of carbonyl (C=O) groups excluding carboxylic acids is 2. The predicted octanol–water partition coefficient (Wildman–Crippen LogP) is 4.91. The molecule has 0 bridgehead atoms. The molecule has 1 saturated carbocycles. The van der Waals surface area contributed by atoms with Crippen LogP contribution in [-0.2, 0) is 11.2 Å². The Morgan fingerprint density at radius 2 is 2.00 bits per heavy atom. The van der Waals surface area contributed by atoms with Gasteiger partial charge in [-0.05, 0) is 50.3 Å². The summed E-state index contributed by atoms with van der Waals surface area (Å²) in [5.74, 6) is 0.438. The molecular weight excluding hydrogens is 455 g/mol. The number of imidazole rings is 1. The highest BCUT2D eigenvalue weighted by Crippen LogP contribution is 2.32. The number of aryl methyl sites for hydroxylation is 1. The van der Waals surface area contributed by atoms with E-state index in [1.54, 1.807) is 6.07 Å². The summed E-state index contributed by atoms with van der Waals surface area (Å²) < 4.78 is 13.5. The standard InChI is InChI=1S/C24H29FN6O2S/c25-15-8-10-18-19(13-15)29-22(28-18)20-7-4-12-31(20)21(32)11-9-17-14-34-24(27-17)30-23(33)26-16-5-2-1-3-6-16/h8,10,13-14,16,20H,1-7,9,11-12H2,(H,28,29)(H2,26,27,30,33). The molecule has 2 aromatic heterocycles. The van der Waals surface area contributed by atoms with E-state index in [-0.39, 0.29) is 29.8 Å². The Morgan fingerprint density at radius 3 is 2.85 bits per heavy atom. The van der Waals surface area contributed by atoms with Crippen LogP contribution in [0.4, 0.5) is 14.3 Å². The number of amides is 3. The zero-order chi connectivity index (χ0) is 23.5. The number of nitrogens with one attached hydrogen (secondary N) is 3. The number of anilines is 1. The normalized spacial score (nSPS) is 19.0. The van der Waals surface area contributed by atoms with E-state index in [0.717, 1.165) is 44.2 Å². The van der Waals surface area contributed by atoms with Gasteiger partial charge in [0, 0.05) is 24.4 Å². The van der Waals surface area contributed by atoms with Crippen LogP contribution in [0.1, 0.15) is 68.9 Å². The van der Waals surface area contributed by atoms with Crippen molar-refractivity contribution in [1.82, 2.24) is 25.2 Å². The number of fused-ring (bicyclic) bond motifs is 1. The fraction of sp³-hybridized carbons (Fsp3) is 0.500. The maximum Gasteiger partial charge on any atom is 0.321 e. The number of benzene rings is 1. The lowest BCUT2D eigenvalue weighted by Crippen LogP contribution is -2.39. The van der Waals surface area contributed by atoms with Crippen molar-refractivity contribution in [2.24, 2.45) is 0 Å². The third kappa shape index (κ3) is 5.22. The van der Waals surface area contributed by atoms with Gasteiger partial charge in [-0.15, -0.1) is 11.3 Å². The average molecular weight is 485 g/mol. The number of rotatable bonds is 6. The molecule has 2 fully saturated rings. The van der Waals surface area contributed by atoms with Crippen molar-refractivity contribution >= 4 is 39.4 Å². The molecule has 5 rings (SSSR count). The minimum Gasteiger partial charge on any atom is -0.340 e. The molecule has 0 radical (unpaired) electrons. The minimum absolute atomic E-state index is 0.0479. The number of H-pyrrole nitrogens is 1. The second-order valence-electron chi connectivity index (χ2n) is 9.11. The van der Waals surface area contributed by atoms with E-state index in [9.17, 15) is 14.0 Å². The van der Waals surface area contributed by atoms with Crippen molar-refractivity contribution < 1.29 is 14.0 Å². The third-order valence-corrected chi connectivity index (χ3v) is 7.47.